The highest BCUT2D eigenvalue weighted by Crippen LogP contribution is 2.22. The molecule has 0 radical (unpaired) electrons. The van der Waals surface area contributed by atoms with Gasteiger partial charge in [-0.1, -0.05) is 103 Å². The van der Waals surface area contributed by atoms with Gasteiger partial charge in [0.25, 0.3) is 0 Å². The van der Waals surface area contributed by atoms with E-state index < -0.39 is 17.9 Å². The minimum absolute atomic E-state index is 0.0203. The molecule has 33 heavy (non-hydrogen) atoms. The summed E-state index contributed by atoms with van der Waals surface area (Å²) in [4.78, 5) is 23.6. The summed E-state index contributed by atoms with van der Waals surface area (Å²) in [6, 6.07) is 0. The molecule has 0 unspecified atom stereocenters. The van der Waals surface area contributed by atoms with Crippen molar-refractivity contribution >= 4 is 11.9 Å². The number of aliphatic hydroxyl groups excluding tert-OH is 1. The number of hydrogen-bond acceptors (Lipinski definition) is 6. The predicted octanol–water partition coefficient (Wildman–Crippen LogP) is 6.50. The Morgan fingerprint density at radius 3 is 1.15 bits per heavy atom. The highest BCUT2D eigenvalue weighted by atomic mass is 16.8. The van der Waals surface area contributed by atoms with Crippen molar-refractivity contribution in [3.8, 4) is 0 Å². The minimum Gasteiger partial charge on any atom is -0.396 e. The first-order valence-corrected chi connectivity index (χ1v) is 12.8. The summed E-state index contributed by atoms with van der Waals surface area (Å²) in [5.74, 6) is -3.89. The highest BCUT2D eigenvalue weighted by Gasteiger charge is 2.36. The molecule has 0 rings (SSSR count). The number of esters is 2. The van der Waals surface area contributed by atoms with Crippen LogP contribution in [0.5, 0.6) is 0 Å². The molecule has 0 aliphatic heterocycles. The first-order valence-electron chi connectivity index (χ1n) is 12.8. The monoisotopic (exact) mass is 468 g/mol. The van der Waals surface area contributed by atoms with E-state index in [-0.39, 0.29) is 17.6 Å². The molecule has 0 atom stereocenters. The molecular formula is C27H48O6. The van der Waals surface area contributed by atoms with Crippen molar-refractivity contribution < 1.29 is 29.3 Å². The lowest BCUT2D eigenvalue weighted by molar-refractivity contribution is -0.325. The molecule has 0 saturated carbocycles. The van der Waals surface area contributed by atoms with E-state index in [9.17, 15) is 14.7 Å². The Bertz CT molecular complexity index is 541. The lowest BCUT2D eigenvalue weighted by Gasteiger charge is -2.27. The van der Waals surface area contributed by atoms with Crippen LogP contribution in [0.2, 0.25) is 0 Å². The molecule has 192 valence electrons. The Kier molecular flexibility index (Phi) is 18.8. The van der Waals surface area contributed by atoms with Gasteiger partial charge in [0.05, 0.1) is 6.42 Å². The fraction of sp³-hybridized carbons (Fsp3) is 0.778. The van der Waals surface area contributed by atoms with Gasteiger partial charge in [0.1, 0.15) is 0 Å². The third-order valence-corrected chi connectivity index (χ3v) is 5.60. The van der Waals surface area contributed by atoms with Crippen LogP contribution < -0.4 is 0 Å². The van der Waals surface area contributed by atoms with Crippen LogP contribution in [-0.2, 0) is 19.1 Å². The third kappa shape index (κ3) is 18.5. The van der Waals surface area contributed by atoms with Crippen LogP contribution in [0.15, 0.2) is 24.3 Å². The molecule has 0 heterocycles. The molecule has 0 saturated heterocycles. The molecule has 6 heteroatoms. The van der Waals surface area contributed by atoms with Crippen LogP contribution in [0.1, 0.15) is 123 Å². The molecule has 2 N–H and O–H groups in total. The average molecular weight is 469 g/mol. The Morgan fingerprint density at radius 1 is 0.606 bits per heavy atom. The Hall–Kier alpha value is -1.66. The van der Waals surface area contributed by atoms with Crippen molar-refractivity contribution in [1.82, 2.24) is 0 Å². The molecule has 0 fully saturated rings. The van der Waals surface area contributed by atoms with E-state index in [0.29, 0.717) is 13.0 Å². The molecule has 6 nitrogen and oxygen atoms in total. The summed E-state index contributed by atoms with van der Waals surface area (Å²) in [5, 5.41) is 19.2. The zero-order valence-electron chi connectivity index (χ0n) is 21.2. The zero-order valence-corrected chi connectivity index (χ0v) is 21.2. The number of aliphatic hydroxyl groups is 2. The van der Waals surface area contributed by atoms with Gasteiger partial charge >= 0.3 is 17.9 Å². The van der Waals surface area contributed by atoms with E-state index in [1.807, 2.05) is 0 Å². The van der Waals surface area contributed by atoms with E-state index in [4.69, 9.17) is 14.6 Å². The van der Waals surface area contributed by atoms with E-state index >= 15 is 0 Å². The number of carbonyl (C=O) groups is 2. The molecule has 0 bridgehead atoms. The second kappa shape index (κ2) is 19.8. The summed E-state index contributed by atoms with van der Waals surface area (Å²) in [6.07, 6.45) is 18.6. The first-order chi connectivity index (χ1) is 15.7. The van der Waals surface area contributed by atoms with Gasteiger partial charge in [0.15, 0.2) is 0 Å². The second-order valence-corrected chi connectivity index (χ2v) is 9.18. The second-order valence-electron chi connectivity index (χ2n) is 9.18. The van der Waals surface area contributed by atoms with Crippen LogP contribution in [0.25, 0.3) is 0 Å². The Labute approximate surface area is 201 Å². The van der Waals surface area contributed by atoms with E-state index in [2.05, 4.69) is 13.2 Å². The number of ether oxygens (including phenoxy) is 2. The quantitative estimate of drug-likeness (QED) is 0.0816. The number of carbonyl (C=O) groups excluding carboxylic acids is 2. The van der Waals surface area contributed by atoms with Crippen molar-refractivity contribution in [3.05, 3.63) is 24.3 Å². The Morgan fingerprint density at radius 2 is 0.879 bits per heavy atom. The van der Waals surface area contributed by atoms with Crippen molar-refractivity contribution in [2.45, 2.75) is 129 Å². The van der Waals surface area contributed by atoms with Crippen LogP contribution in [0, 0.1) is 0 Å². The summed E-state index contributed by atoms with van der Waals surface area (Å²) in [7, 11) is 0. The highest BCUT2D eigenvalue weighted by molar-refractivity contribution is 5.88. The largest absolute Gasteiger partial charge is 0.396 e. The fourth-order valence-electron chi connectivity index (χ4n) is 3.52. The van der Waals surface area contributed by atoms with Gasteiger partial charge in [-0.3, -0.25) is 0 Å². The van der Waals surface area contributed by atoms with Crippen molar-refractivity contribution in [1.29, 1.82) is 0 Å². The zero-order chi connectivity index (χ0) is 25.0. The van der Waals surface area contributed by atoms with Gasteiger partial charge < -0.3 is 19.7 Å². The molecule has 0 aromatic heterocycles. The van der Waals surface area contributed by atoms with Gasteiger partial charge in [-0.15, -0.1) is 0 Å². The Balaban J connectivity index is 3.80. The predicted molar refractivity (Wildman–Crippen MR) is 132 cm³/mol. The summed E-state index contributed by atoms with van der Waals surface area (Å²) in [5.41, 5.74) is 0.239. The van der Waals surface area contributed by atoms with Crippen LogP contribution in [0.3, 0.4) is 0 Å². The smallest absolute Gasteiger partial charge is 0.373 e. The maximum Gasteiger partial charge on any atom is 0.373 e. The SMILES string of the molecule is C=C(C)C(=O)OC(O)(CCCCCCCCCCCCCCCCCCO)OC(=O)C(=C)C. The fourth-order valence-corrected chi connectivity index (χ4v) is 3.52. The van der Waals surface area contributed by atoms with E-state index in [1.54, 1.807) is 0 Å². The van der Waals surface area contributed by atoms with Crippen LogP contribution >= 0.6 is 0 Å². The average Bonchev–Trinajstić information content (AvgIpc) is 2.75. The van der Waals surface area contributed by atoms with E-state index in [0.717, 1.165) is 32.1 Å². The molecule has 0 aliphatic rings. The molecule has 0 aliphatic carbocycles. The number of hydrogen-bond donors (Lipinski definition) is 2. The maximum atomic E-state index is 11.8. The summed E-state index contributed by atoms with van der Waals surface area (Å²) < 4.78 is 9.95. The van der Waals surface area contributed by atoms with Crippen molar-refractivity contribution in [2.75, 3.05) is 6.61 Å². The normalized spacial score (nSPS) is 11.3. The van der Waals surface area contributed by atoms with Gasteiger partial charge in [0, 0.05) is 17.8 Å². The topological polar surface area (TPSA) is 93.1 Å². The third-order valence-electron chi connectivity index (χ3n) is 5.60. The summed E-state index contributed by atoms with van der Waals surface area (Å²) in [6.45, 7) is 10.2. The van der Waals surface area contributed by atoms with Crippen LogP contribution in [-0.4, -0.2) is 34.7 Å². The van der Waals surface area contributed by atoms with Gasteiger partial charge in [-0.05, 0) is 26.7 Å². The van der Waals surface area contributed by atoms with Gasteiger partial charge in [0.2, 0.25) is 0 Å². The van der Waals surface area contributed by atoms with Gasteiger partial charge in [-0.2, -0.15) is 0 Å². The standard InChI is InChI=1S/C27H48O6/c1-23(2)25(29)32-27(31,33-26(30)24(3)4)21-19-17-15-13-11-9-7-5-6-8-10-12-14-16-18-20-22-28/h28,31H,1,3,5-22H2,2,4H3. The van der Waals surface area contributed by atoms with Crippen molar-refractivity contribution in [2.24, 2.45) is 0 Å². The molecular weight excluding hydrogens is 420 g/mol. The number of rotatable bonds is 22. The maximum absolute atomic E-state index is 11.8. The molecule has 0 spiro atoms. The van der Waals surface area contributed by atoms with Crippen LogP contribution in [0.4, 0.5) is 0 Å². The first kappa shape index (κ1) is 31.3. The molecule has 0 aromatic rings. The van der Waals surface area contributed by atoms with Crippen molar-refractivity contribution in [3.63, 3.8) is 0 Å². The van der Waals surface area contributed by atoms with E-state index in [1.165, 1.54) is 78.1 Å². The summed E-state index contributed by atoms with van der Waals surface area (Å²) >= 11 is 0. The van der Waals surface area contributed by atoms with Gasteiger partial charge in [-0.25, -0.2) is 9.59 Å². The molecule has 0 amide bonds. The number of unbranched alkanes of at least 4 members (excludes halogenated alkanes) is 15. The lowest BCUT2D eigenvalue weighted by Crippen LogP contribution is -2.40. The minimum atomic E-state index is -2.29. The molecule has 0 aromatic carbocycles. The lowest BCUT2D eigenvalue weighted by atomic mass is 10.0.